The van der Waals surface area contributed by atoms with Gasteiger partial charge < -0.3 is 9.42 Å². The Balaban J connectivity index is 1.28. The van der Waals surface area contributed by atoms with Crippen LogP contribution in [0.5, 0.6) is 0 Å². The summed E-state index contributed by atoms with van der Waals surface area (Å²) in [5.74, 6) is 1.55. The standard InChI is InChI=1S/C25H32N4O2/c1-2-3-4-5-6-14-24(30)29-17-15-28(16-18-29)19-23-26-25(31-27-23)22-13-9-11-20-10-7-8-12-21(20)22/h7-13H,2-6,14-19H2,1H3. The van der Waals surface area contributed by atoms with Gasteiger partial charge in [-0.25, -0.2) is 0 Å². The topological polar surface area (TPSA) is 62.5 Å². The number of hydrogen-bond acceptors (Lipinski definition) is 5. The van der Waals surface area contributed by atoms with E-state index < -0.39 is 0 Å². The molecule has 1 fully saturated rings. The van der Waals surface area contributed by atoms with Crippen LogP contribution in [-0.2, 0) is 11.3 Å². The molecule has 6 nitrogen and oxygen atoms in total. The van der Waals surface area contributed by atoms with Gasteiger partial charge in [-0.3, -0.25) is 9.69 Å². The average molecular weight is 421 g/mol. The number of rotatable bonds is 9. The van der Waals surface area contributed by atoms with E-state index in [-0.39, 0.29) is 0 Å². The minimum Gasteiger partial charge on any atom is -0.340 e. The zero-order valence-electron chi connectivity index (χ0n) is 18.4. The lowest BCUT2D eigenvalue weighted by Gasteiger charge is -2.34. The maximum Gasteiger partial charge on any atom is 0.258 e. The van der Waals surface area contributed by atoms with Gasteiger partial charge in [-0.2, -0.15) is 4.98 Å². The number of carbonyl (C=O) groups is 1. The fourth-order valence-corrected chi connectivity index (χ4v) is 4.23. The molecule has 3 aromatic rings. The van der Waals surface area contributed by atoms with E-state index in [1.165, 1.54) is 19.3 Å². The quantitative estimate of drug-likeness (QED) is 0.461. The number of aromatic nitrogens is 2. The van der Waals surface area contributed by atoms with Crippen molar-refractivity contribution in [1.82, 2.24) is 19.9 Å². The van der Waals surface area contributed by atoms with Crippen LogP contribution in [0.25, 0.3) is 22.2 Å². The Kier molecular flexibility index (Phi) is 7.30. The highest BCUT2D eigenvalue weighted by Crippen LogP contribution is 2.27. The van der Waals surface area contributed by atoms with Gasteiger partial charge >= 0.3 is 0 Å². The molecule has 0 atom stereocenters. The lowest BCUT2D eigenvalue weighted by atomic mass is 10.0. The average Bonchev–Trinajstić information content (AvgIpc) is 3.27. The smallest absolute Gasteiger partial charge is 0.258 e. The third-order valence-corrected chi connectivity index (χ3v) is 6.07. The van der Waals surface area contributed by atoms with Gasteiger partial charge in [0, 0.05) is 38.2 Å². The first-order valence-electron chi connectivity index (χ1n) is 11.6. The Hall–Kier alpha value is -2.73. The Morgan fingerprint density at radius 2 is 1.74 bits per heavy atom. The van der Waals surface area contributed by atoms with Crippen molar-refractivity contribution in [2.75, 3.05) is 26.2 Å². The van der Waals surface area contributed by atoms with Crippen molar-refractivity contribution in [2.24, 2.45) is 0 Å². The number of nitrogens with zero attached hydrogens (tertiary/aromatic N) is 4. The van der Waals surface area contributed by atoms with Gasteiger partial charge in [-0.15, -0.1) is 0 Å². The van der Waals surface area contributed by atoms with Gasteiger partial charge in [0.2, 0.25) is 5.91 Å². The Morgan fingerprint density at radius 1 is 0.968 bits per heavy atom. The van der Waals surface area contributed by atoms with Crippen LogP contribution in [0.15, 0.2) is 47.0 Å². The van der Waals surface area contributed by atoms with Gasteiger partial charge in [0.25, 0.3) is 5.89 Å². The number of piperazine rings is 1. The van der Waals surface area contributed by atoms with Crippen molar-refractivity contribution in [3.8, 4) is 11.5 Å². The molecule has 4 rings (SSSR count). The van der Waals surface area contributed by atoms with Gasteiger partial charge in [0.15, 0.2) is 5.82 Å². The first-order valence-corrected chi connectivity index (χ1v) is 11.6. The summed E-state index contributed by atoms with van der Waals surface area (Å²) in [6.45, 7) is 6.11. The highest BCUT2D eigenvalue weighted by molar-refractivity contribution is 5.94. The molecule has 1 saturated heterocycles. The molecule has 164 valence electrons. The molecular formula is C25H32N4O2. The number of amides is 1. The second-order valence-electron chi connectivity index (χ2n) is 8.36. The first-order chi connectivity index (χ1) is 15.2. The number of hydrogen-bond donors (Lipinski definition) is 0. The van der Waals surface area contributed by atoms with Gasteiger partial charge in [0.1, 0.15) is 0 Å². The minimum atomic E-state index is 0.300. The van der Waals surface area contributed by atoms with Crippen LogP contribution in [-0.4, -0.2) is 52.0 Å². The van der Waals surface area contributed by atoms with Gasteiger partial charge in [-0.05, 0) is 23.3 Å². The van der Waals surface area contributed by atoms with Crippen molar-refractivity contribution in [3.05, 3.63) is 48.3 Å². The number of unbranched alkanes of at least 4 members (excludes halogenated alkanes) is 4. The molecule has 0 radical (unpaired) electrons. The van der Waals surface area contributed by atoms with E-state index in [9.17, 15) is 4.79 Å². The monoisotopic (exact) mass is 420 g/mol. The van der Waals surface area contributed by atoms with Crippen molar-refractivity contribution in [2.45, 2.75) is 52.0 Å². The van der Waals surface area contributed by atoms with Crippen LogP contribution < -0.4 is 0 Å². The second kappa shape index (κ2) is 10.5. The molecule has 0 spiro atoms. The van der Waals surface area contributed by atoms with E-state index in [0.29, 0.717) is 30.6 Å². The summed E-state index contributed by atoms with van der Waals surface area (Å²) in [7, 11) is 0. The highest BCUT2D eigenvalue weighted by atomic mass is 16.5. The maximum atomic E-state index is 12.4. The van der Waals surface area contributed by atoms with Gasteiger partial charge in [0.05, 0.1) is 6.54 Å². The lowest BCUT2D eigenvalue weighted by molar-refractivity contribution is -0.133. The number of benzene rings is 2. The molecule has 6 heteroatoms. The zero-order valence-corrected chi connectivity index (χ0v) is 18.4. The summed E-state index contributed by atoms with van der Waals surface area (Å²) in [4.78, 5) is 21.4. The Morgan fingerprint density at radius 3 is 2.58 bits per heavy atom. The van der Waals surface area contributed by atoms with Crippen molar-refractivity contribution in [3.63, 3.8) is 0 Å². The van der Waals surface area contributed by atoms with E-state index >= 15 is 0 Å². The molecule has 2 heterocycles. The van der Waals surface area contributed by atoms with E-state index in [4.69, 9.17) is 4.52 Å². The molecule has 1 aliphatic heterocycles. The molecule has 0 unspecified atom stereocenters. The summed E-state index contributed by atoms with van der Waals surface area (Å²) in [6.07, 6.45) is 6.60. The van der Waals surface area contributed by atoms with Gasteiger partial charge in [-0.1, -0.05) is 74.2 Å². The molecule has 1 amide bonds. The number of carbonyl (C=O) groups excluding carboxylic acids is 1. The van der Waals surface area contributed by atoms with Crippen molar-refractivity contribution < 1.29 is 9.32 Å². The number of fused-ring (bicyclic) bond motifs is 1. The SMILES string of the molecule is CCCCCCCC(=O)N1CCN(Cc2noc(-c3cccc4ccccc34)n2)CC1. The fraction of sp³-hybridized carbons (Fsp3) is 0.480. The largest absolute Gasteiger partial charge is 0.340 e. The molecule has 1 aromatic heterocycles. The molecule has 2 aromatic carbocycles. The van der Waals surface area contributed by atoms with E-state index in [1.807, 2.05) is 29.2 Å². The predicted molar refractivity (Wildman–Crippen MR) is 122 cm³/mol. The highest BCUT2D eigenvalue weighted by Gasteiger charge is 2.22. The van der Waals surface area contributed by atoms with Crippen LogP contribution >= 0.6 is 0 Å². The predicted octanol–water partition coefficient (Wildman–Crippen LogP) is 4.89. The Bertz CT molecular complexity index is 987. The third kappa shape index (κ3) is 5.50. The van der Waals surface area contributed by atoms with Crippen molar-refractivity contribution in [1.29, 1.82) is 0 Å². The lowest BCUT2D eigenvalue weighted by Crippen LogP contribution is -2.48. The van der Waals surface area contributed by atoms with E-state index in [2.05, 4.69) is 40.2 Å². The molecule has 31 heavy (non-hydrogen) atoms. The van der Waals surface area contributed by atoms with Crippen LogP contribution in [0.4, 0.5) is 0 Å². The summed E-state index contributed by atoms with van der Waals surface area (Å²) < 4.78 is 5.58. The summed E-state index contributed by atoms with van der Waals surface area (Å²) in [6, 6.07) is 14.3. The van der Waals surface area contributed by atoms with E-state index in [0.717, 1.165) is 55.4 Å². The normalized spacial score (nSPS) is 14.9. The summed E-state index contributed by atoms with van der Waals surface area (Å²) >= 11 is 0. The molecular weight excluding hydrogens is 388 g/mol. The third-order valence-electron chi connectivity index (χ3n) is 6.07. The molecule has 0 saturated carbocycles. The van der Waals surface area contributed by atoms with Crippen LogP contribution in [0.3, 0.4) is 0 Å². The Labute approximate surface area is 184 Å². The fourth-order valence-electron chi connectivity index (χ4n) is 4.23. The summed E-state index contributed by atoms with van der Waals surface area (Å²) in [5.41, 5.74) is 0.964. The molecule has 0 bridgehead atoms. The molecule has 1 aliphatic rings. The first kappa shape index (κ1) is 21.5. The van der Waals surface area contributed by atoms with E-state index in [1.54, 1.807) is 0 Å². The zero-order chi connectivity index (χ0) is 21.5. The van der Waals surface area contributed by atoms with Crippen LogP contribution in [0.1, 0.15) is 51.3 Å². The van der Waals surface area contributed by atoms with Crippen molar-refractivity contribution >= 4 is 16.7 Å². The maximum absolute atomic E-state index is 12.4. The molecule has 0 aliphatic carbocycles. The van der Waals surface area contributed by atoms with Crippen LogP contribution in [0.2, 0.25) is 0 Å². The molecule has 0 N–H and O–H groups in total. The van der Waals surface area contributed by atoms with Crippen LogP contribution in [0, 0.1) is 0 Å². The summed E-state index contributed by atoms with van der Waals surface area (Å²) in [5, 5.41) is 6.48. The second-order valence-corrected chi connectivity index (χ2v) is 8.36. The minimum absolute atomic E-state index is 0.300.